The molecule has 0 radical (unpaired) electrons. The van der Waals surface area contributed by atoms with Gasteiger partial charge in [0, 0.05) is 26.2 Å². The molecule has 2 rings (SSSR count). The molecule has 1 saturated heterocycles. The molecule has 0 spiro atoms. The Bertz CT molecular complexity index is 431. The highest BCUT2D eigenvalue weighted by atomic mass is 35.5. The molecule has 0 N–H and O–H groups in total. The maximum atomic E-state index is 12.0. The number of halogens is 1. The van der Waals surface area contributed by atoms with Gasteiger partial charge in [-0.2, -0.15) is 0 Å². The van der Waals surface area contributed by atoms with E-state index in [4.69, 9.17) is 9.47 Å². The van der Waals surface area contributed by atoms with Crippen LogP contribution in [-0.4, -0.2) is 62.7 Å². The Labute approximate surface area is 132 Å². The number of hydrogen-bond acceptors (Lipinski definition) is 4. The van der Waals surface area contributed by atoms with Crippen LogP contribution in [0, 0.1) is 0 Å². The van der Waals surface area contributed by atoms with E-state index >= 15 is 0 Å². The number of carbonyl (C=O) groups is 1. The molecule has 0 aromatic heterocycles. The monoisotopic (exact) mass is 314 g/mol. The lowest BCUT2D eigenvalue weighted by Gasteiger charge is -2.32. The van der Waals surface area contributed by atoms with Crippen molar-refractivity contribution in [1.82, 2.24) is 9.80 Å². The van der Waals surface area contributed by atoms with Crippen LogP contribution in [0.15, 0.2) is 24.3 Å². The summed E-state index contributed by atoms with van der Waals surface area (Å²) in [5, 5.41) is 0. The Balaban J connectivity index is 0.00000220. The number of ether oxygens (including phenoxy) is 2. The number of likely N-dealkylation sites (N-methyl/N-ethyl adjacent to an activating group) is 1. The molecule has 0 aliphatic carbocycles. The van der Waals surface area contributed by atoms with Gasteiger partial charge in [0.25, 0.3) is 0 Å². The van der Waals surface area contributed by atoms with Gasteiger partial charge in [-0.05, 0) is 31.3 Å². The van der Waals surface area contributed by atoms with E-state index in [1.165, 1.54) is 0 Å². The molecule has 6 heteroatoms. The Morgan fingerprint density at radius 2 is 1.67 bits per heavy atom. The summed E-state index contributed by atoms with van der Waals surface area (Å²) in [6, 6.07) is 7.38. The molecular formula is C15H23ClN2O3. The second kappa shape index (κ2) is 8.74. The van der Waals surface area contributed by atoms with E-state index in [1.807, 2.05) is 29.2 Å². The van der Waals surface area contributed by atoms with Crippen LogP contribution in [0.5, 0.6) is 11.5 Å². The minimum absolute atomic E-state index is 0. The van der Waals surface area contributed by atoms with Crippen molar-refractivity contribution in [3.8, 4) is 11.5 Å². The van der Waals surface area contributed by atoms with Gasteiger partial charge < -0.3 is 19.3 Å². The van der Waals surface area contributed by atoms with Crippen molar-refractivity contribution < 1.29 is 14.3 Å². The van der Waals surface area contributed by atoms with Gasteiger partial charge in [-0.1, -0.05) is 0 Å². The summed E-state index contributed by atoms with van der Waals surface area (Å²) in [7, 11) is 3.71. The molecule has 1 aliphatic rings. The molecule has 5 nitrogen and oxygen atoms in total. The molecule has 1 fully saturated rings. The average Bonchev–Trinajstić information content (AvgIpc) is 2.48. The molecule has 21 heavy (non-hydrogen) atoms. The summed E-state index contributed by atoms with van der Waals surface area (Å²) in [6.45, 7) is 3.95. The van der Waals surface area contributed by atoms with Gasteiger partial charge >= 0.3 is 0 Å². The standard InChI is InChI=1S/C15H22N2O3.ClH/c1-16-8-10-17(11-9-16)15(18)7-12-20-14-5-3-13(19-2)4-6-14;/h3-6H,7-12H2,1-2H3;1H. The third kappa shape index (κ3) is 5.44. The Hall–Kier alpha value is -1.46. The van der Waals surface area contributed by atoms with Crippen molar-refractivity contribution >= 4 is 18.3 Å². The number of hydrogen-bond donors (Lipinski definition) is 0. The van der Waals surface area contributed by atoms with E-state index in [-0.39, 0.29) is 18.3 Å². The van der Waals surface area contributed by atoms with Gasteiger partial charge in [0.15, 0.2) is 0 Å². The van der Waals surface area contributed by atoms with Crippen LogP contribution in [0.25, 0.3) is 0 Å². The topological polar surface area (TPSA) is 42.0 Å². The lowest BCUT2D eigenvalue weighted by Crippen LogP contribution is -2.47. The number of benzene rings is 1. The Morgan fingerprint density at radius 1 is 1.10 bits per heavy atom. The maximum Gasteiger partial charge on any atom is 0.226 e. The fourth-order valence-electron chi connectivity index (χ4n) is 2.14. The highest BCUT2D eigenvalue weighted by Gasteiger charge is 2.18. The summed E-state index contributed by atoms with van der Waals surface area (Å²) >= 11 is 0. The molecule has 1 aromatic carbocycles. The van der Waals surface area contributed by atoms with Crippen molar-refractivity contribution in [3.05, 3.63) is 24.3 Å². The average molecular weight is 315 g/mol. The minimum atomic E-state index is 0. The normalized spacial score (nSPS) is 15.2. The largest absolute Gasteiger partial charge is 0.497 e. The van der Waals surface area contributed by atoms with Gasteiger partial charge in [0.1, 0.15) is 11.5 Å². The fourth-order valence-corrected chi connectivity index (χ4v) is 2.14. The molecule has 0 atom stereocenters. The van der Waals surface area contributed by atoms with Gasteiger partial charge in [-0.15, -0.1) is 12.4 Å². The molecular weight excluding hydrogens is 292 g/mol. The van der Waals surface area contributed by atoms with Crippen LogP contribution in [-0.2, 0) is 4.79 Å². The van der Waals surface area contributed by atoms with E-state index in [0.29, 0.717) is 13.0 Å². The van der Waals surface area contributed by atoms with E-state index in [0.717, 1.165) is 37.7 Å². The maximum absolute atomic E-state index is 12.0. The third-order valence-electron chi connectivity index (χ3n) is 3.50. The fraction of sp³-hybridized carbons (Fsp3) is 0.533. The Morgan fingerprint density at radius 3 is 2.24 bits per heavy atom. The van der Waals surface area contributed by atoms with Crippen LogP contribution in [0.2, 0.25) is 0 Å². The predicted molar refractivity (Wildman–Crippen MR) is 84.4 cm³/mol. The van der Waals surface area contributed by atoms with Crippen molar-refractivity contribution in [1.29, 1.82) is 0 Å². The summed E-state index contributed by atoms with van der Waals surface area (Å²) < 4.78 is 10.7. The van der Waals surface area contributed by atoms with E-state index in [9.17, 15) is 4.79 Å². The lowest BCUT2D eigenvalue weighted by atomic mass is 10.3. The first-order valence-electron chi connectivity index (χ1n) is 6.92. The number of rotatable bonds is 5. The minimum Gasteiger partial charge on any atom is -0.497 e. The summed E-state index contributed by atoms with van der Waals surface area (Å²) in [5.41, 5.74) is 0. The van der Waals surface area contributed by atoms with Crippen LogP contribution in [0.4, 0.5) is 0 Å². The molecule has 118 valence electrons. The van der Waals surface area contributed by atoms with Gasteiger partial charge in [-0.3, -0.25) is 4.79 Å². The van der Waals surface area contributed by atoms with E-state index in [2.05, 4.69) is 11.9 Å². The van der Waals surface area contributed by atoms with E-state index < -0.39 is 0 Å². The van der Waals surface area contributed by atoms with Crippen LogP contribution >= 0.6 is 12.4 Å². The van der Waals surface area contributed by atoms with Crippen molar-refractivity contribution in [2.75, 3.05) is 46.9 Å². The first-order valence-corrected chi connectivity index (χ1v) is 6.92. The molecule has 0 saturated carbocycles. The quantitative estimate of drug-likeness (QED) is 0.829. The molecule has 1 aliphatic heterocycles. The number of carbonyl (C=O) groups excluding carboxylic acids is 1. The van der Waals surface area contributed by atoms with Crippen molar-refractivity contribution in [2.24, 2.45) is 0 Å². The highest BCUT2D eigenvalue weighted by molar-refractivity contribution is 5.85. The molecule has 1 heterocycles. The smallest absolute Gasteiger partial charge is 0.226 e. The highest BCUT2D eigenvalue weighted by Crippen LogP contribution is 2.17. The van der Waals surface area contributed by atoms with Crippen molar-refractivity contribution in [2.45, 2.75) is 6.42 Å². The number of nitrogens with zero attached hydrogens (tertiary/aromatic N) is 2. The summed E-state index contributed by atoms with van der Waals surface area (Å²) in [5.74, 6) is 1.73. The number of methoxy groups -OCH3 is 1. The number of amides is 1. The summed E-state index contributed by atoms with van der Waals surface area (Å²) in [4.78, 5) is 16.2. The predicted octanol–water partition coefficient (Wildman–Crippen LogP) is 1.66. The van der Waals surface area contributed by atoms with Gasteiger partial charge in [0.2, 0.25) is 5.91 Å². The molecule has 0 unspecified atom stereocenters. The first kappa shape index (κ1) is 17.6. The second-order valence-corrected chi connectivity index (χ2v) is 4.96. The van der Waals surface area contributed by atoms with Crippen LogP contribution < -0.4 is 9.47 Å². The Kier molecular flexibility index (Phi) is 7.32. The van der Waals surface area contributed by atoms with E-state index in [1.54, 1.807) is 7.11 Å². The SMILES string of the molecule is COc1ccc(OCCC(=O)N2CCN(C)CC2)cc1.Cl. The second-order valence-electron chi connectivity index (χ2n) is 4.96. The van der Waals surface area contributed by atoms with Crippen LogP contribution in [0.3, 0.4) is 0 Å². The zero-order chi connectivity index (χ0) is 14.4. The zero-order valence-corrected chi connectivity index (χ0v) is 13.4. The third-order valence-corrected chi connectivity index (χ3v) is 3.50. The summed E-state index contributed by atoms with van der Waals surface area (Å²) in [6.07, 6.45) is 0.426. The number of piperazine rings is 1. The first-order chi connectivity index (χ1) is 9.69. The lowest BCUT2D eigenvalue weighted by molar-refractivity contribution is -0.133. The van der Waals surface area contributed by atoms with Crippen molar-refractivity contribution in [3.63, 3.8) is 0 Å². The molecule has 1 amide bonds. The van der Waals surface area contributed by atoms with Crippen LogP contribution in [0.1, 0.15) is 6.42 Å². The van der Waals surface area contributed by atoms with Gasteiger partial charge in [0.05, 0.1) is 20.1 Å². The van der Waals surface area contributed by atoms with Gasteiger partial charge in [-0.25, -0.2) is 0 Å². The molecule has 0 bridgehead atoms. The molecule has 1 aromatic rings. The zero-order valence-electron chi connectivity index (χ0n) is 12.6.